The minimum absolute atomic E-state index is 0.0359. The van der Waals surface area contributed by atoms with Gasteiger partial charge >= 0.3 is 0 Å². The van der Waals surface area contributed by atoms with Crippen LogP contribution in [-0.4, -0.2) is 25.9 Å². The molecule has 0 radical (unpaired) electrons. The minimum Gasteiger partial charge on any atom is -0.496 e. The SMILES string of the molecule is COc1cc(C)c(OC)c(Br)c1C(C)(C)CO. The van der Waals surface area contributed by atoms with Gasteiger partial charge < -0.3 is 14.6 Å². The molecule has 96 valence electrons. The van der Waals surface area contributed by atoms with E-state index in [-0.39, 0.29) is 6.61 Å². The van der Waals surface area contributed by atoms with E-state index in [2.05, 4.69) is 15.9 Å². The van der Waals surface area contributed by atoms with Crippen molar-refractivity contribution in [3.63, 3.8) is 0 Å². The van der Waals surface area contributed by atoms with Crippen LogP contribution in [0, 0.1) is 6.92 Å². The van der Waals surface area contributed by atoms with Gasteiger partial charge in [-0.25, -0.2) is 0 Å². The fourth-order valence-electron chi connectivity index (χ4n) is 1.85. The summed E-state index contributed by atoms with van der Waals surface area (Å²) < 4.78 is 11.6. The molecule has 0 heterocycles. The average molecular weight is 303 g/mol. The number of aliphatic hydroxyl groups excluding tert-OH is 1. The van der Waals surface area contributed by atoms with E-state index in [9.17, 15) is 5.11 Å². The lowest BCUT2D eigenvalue weighted by atomic mass is 9.84. The van der Waals surface area contributed by atoms with Crippen molar-refractivity contribution in [3.8, 4) is 11.5 Å². The van der Waals surface area contributed by atoms with Crippen LogP contribution in [0.1, 0.15) is 25.0 Å². The van der Waals surface area contributed by atoms with E-state index in [1.165, 1.54) is 0 Å². The number of ether oxygens (including phenoxy) is 2. The highest BCUT2D eigenvalue weighted by Crippen LogP contribution is 2.44. The van der Waals surface area contributed by atoms with Crippen LogP contribution in [0.5, 0.6) is 11.5 Å². The van der Waals surface area contributed by atoms with Crippen LogP contribution in [0.2, 0.25) is 0 Å². The smallest absolute Gasteiger partial charge is 0.136 e. The molecule has 1 aromatic carbocycles. The molecular weight excluding hydrogens is 284 g/mol. The summed E-state index contributed by atoms with van der Waals surface area (Å²) in [7, 11) is 3.26. The molecule has 17 heavy (non-hydrogen) atoms. The maximum atomic E-state index is 9.51. The molecule has 0 bridgehead atoms. The highest BCUT2D eigenvalue weighted by molar-refractivity contribution is 9.10. The lowest BCUT2D eigenvalue weighted by Gasteiger charge is -2.27. The molecule has 0 atom stereocenters. The Morgan fingerprint density at radius 2 is 1.88 bits per heavy atom. The summed E-state index contributed by atoms with van der Waals surface area (Å²) in [6.07, 6.45) is 0. The van der Waals surface area contributed by atoms with Crippen LogP contribution in [0.4, 0.5) is 0 Å². The maximum absolute atomic E-state index is 9.51. The van der Waals surface area contributed by atoms with Gasteiger partial charge in [-0.3, -0.25) is 0 Å². The third-order valence-corrected chi connectivity index (χ3v) is 3.62. The molecule has 1 aromatic rings. The molecule has 1 rings (SSSR count). The summed E-state index contributed by atoms with van der Waals surface area (Å²) in [6, 6.07) is 1.93. The van der Waals surface area contributed by atoms with E-state index in [4.69, 9.17) is 9.47 Å². The second-order valence-electron chi connectivity index (χ2n) is 4.66. The van der Waals surface area contributed by atoms with Gasteiger partial charge in [0.25, 0.3) is 0 Å². The molecule has 0 saturated heterocycles. The van der Waals surface area contributed by atoms with Gasteiger partial charge in [-0.2, -0.15) is 0 Å². The monoisotopic (exact) mass is 302 g/mol. The Morgan fingerprint density at radius 1 is 1.29 bits per heavy atom. The Labute approximate surface area is 111 Å². The molecule has 0 aromatic heterocycles. The highest BCUT2D eigenvalue weighted by Gasteiger charge is 2.29. The van der Waals surface area contributed by atoms with E-state index in [1.54, 1.807) is 14.2 Å². The Morgan fingerprint density at radius 3 is 2.29 bits per heavy atom. The number of aryl methyl sites for hydroxylation is 1. The zero-order valence-electron chi connectivity index (χ0n) is 10.9. The molecule has 0 fully saturated rings. The number of aliphatic hydroxyl groups is 1. The predicted molar refractivity (Wildman–Crippen MR) is 72.1 cm³/mol. The molecule has 0 unspecified atom stereocenters. The van der Waals surface area contributed by atoms with E-state index in [0.717, 1.165) is 27.1 Å². The molecule has 1 N–H and O–H groups in total. The first-order chi connectivity index (χ1) is 7.88. The summed E-state index contributed by atoms with van der Waals surface area (Å²) in [5.41, 5.74) is 1.52. The van der Waals surface area contributed by atoms with E-state index in [1.807, 2.05) is 26.8 Å². The van der Waals surface area contributed by atoms with Crippen molar-refractivity contribution in [2.75, 3.05) is 20.8 Å². The van der Waals surface area contributed by atoms with E-state index in [0.29, 0.717) is 0 Å². The topological polar surface area (TPSA) is 38.7 Å². The van der Waals surface area contributed by atoms with Gasteiger partial charge in [0, 0.05) is 11.0 Å². The third-order valence-electron chi connectivity index (χ3n) is 2.87. The molecule has 0 aliphatic rings. The predicted octanol–water partition coefficient (Wildman–Crippen LogP) is 3.04. The number of methoxy groups -OCH3 is 2. The van der Waals surface area contributed by atoms with Crippen molar-refractivity contribution < 1.29 is 14.6 Å². The van der Waals surface area contributed by atoms with E-state index >= 15 is 0 Å². The fourth-order valence-corrected chi connectivity index (χ4v) is 3.06. The van der Waals surface area contributed by atoms with E-state index < -0.39 is 5.41 Å². The van der Waals surface area contributed by atoms with Crippen molar-refractivity contribution in [1.82, 2.24) is 0 Å². The first-order valence-electron chi connectivity index (χ1n) is 5.41. The van der Waals surface area contributed by atoms with Crippen LogP contribution < -0.4 is 9.47 Å². The zero-order valence-corrected chi connectivity index (χ0v) is 12.5. The molecule has 0 aliphatic heterocycles. The van der Waals surface area contributed by atoms with Gasteiger partial charge in [0.15, 0.2) is 0 Å². The lowest BCUT2D eigenvalue weighted by Crippen LogP contribution is -2.24. The normalized spacial score (nSPS) is 11.5. The first kappa shape index (κ1) is 14.3. The molecule has 0 saturated carbocycles. The number of rotatable bonds is 4. The van der Waals surface area contributed by atoms with Gasteiger partial charge in [0.2, 0.25) is 0 Å². The van der Waals surface area contributed by atoms with Crippen LogP contribution in [0.3, 0.4) is 0 Å². The van der Waals surface area contributed by atoms with Gasteiger partial charge in [-0.1, -0.05) is 13.8 Å². The zero-order chi connectivity index (χ0) is 13.2. The largest absolute Gasteiger partial charge is 0.496 e. The quantitative estimate of drug-likeness (QED) is 0.929. The number of hydrogen-bond donors (Lipinski definition) is 1. The third kappa shape index (κ3) is 2.58. The number of halogens is 1. The van der Waals surface area contributed by atoms with Crippen molar-refractivity contribution in [3.05, 3.63) is 21.7 Å². The summed E-state index contributed by atoms with van der Waals surface area (Å²) in [4.78, 5) is 0. The summed E-state index contributed by atoms with van der Waals surface area (Å²) in [5, 5.41) is 9.51. The lowest BCUT2D eigenvalue weighted by molar-refractivity contribution is 0.213. The Balaban J connectivity index is 3.56. The van der Waals surface area contributed by atoms with Gasteiger partial charge in [-0.15, -0.1) is 0 Å². The summed E-state index contributed by atoms with van der Waals surface area (Å²) in [6.45, 7) is 5.92. The van der Waals surface area contributed by atoms with Crippen molar-refractivity contribution >= 4 is 15.9 Å². The fraction of sp³-hybridized carbons (Fsp3) is 0.538. The Kier molecular flexibility index (Phi) is 4.44. The maximum Gasteiger partial charge on any atom is 0.136 e. The van der Waals surface area contributed by atoms with Crippen molar-refractivity contribution in [2.45, 2.75) is 26.2 Å². The summed E-state index contributed by atoms with van der Waals surface area (Å²) in [5.74, 6) is 1.54. The van der Waals surface area contributed by atoms with Gasteiger partial charge in [0.05, 0.1) is 25.3 Å². The van der Waals surface area contributed by atoms with Gasteiger partial charge in [0.1, 0.15) is 11.5 Å². The second kappa shape index (κ2) is 5.27. The highest BCUT2D eigenvalue weighted by atomic mass is 79.9. The number of benzene rings is 1. The molecule has 0 amide bonds. The average Bonchev–Trinajstić information content (AvgIpc) is 2.28. The van der Waals surface area contributed by atoms with Crippen LogP contribution in [0.25, 0.3) is 0 Å². The molecule has 0 spiro atoms. The van der Waals surface area contributed by atoms with Crippen LogP contribution in [0.15, 0.2) is 10.5 Å². The minimum atomic E-state index is -0.398. The Hall–Kier alpha value is -0.740. The van der Waals surface area contributed by atoms with Gasteiger partial charge in [-0.05, 0) is 34.5 Å². The summed E-state index contributed by atoms with van der Waals surface area (Å²) >= 11 is 3.54. The van der Waals surface area contributed by atoms with Crippen molar-refractivity contribution in [1.29, 1.82) is 0 Å². The Bertz CT molecular complexity index is 414. The first-order valence-corrected chi connectivity index (χ1v) is 6.20. The van der Waals surface area contributed by atoms with Crippen LogP contribution in [-0.2, 0) is 5.41 Å². The van der Waals surface area contributed by atoms with Crippen LogP contribution >= 0.6 is 15.9 Å². The molecular formula is C13H19BrO3. The molecule has 0 aliphatic carbocycles. The standard InChI is InChI=1S/C13H19BrO3/c1-8-6-9(16-4)10(13(2,3)7-15)11(14)12(8)17-5/h6,15H,7H2,1-5H3. The molecule has 3 nitrogen and oxygen atoms in total. The number of hydrogen-bond acceptors (Lipinski definition) is 3. The molecule has 4 heteroatoms. The van der Waals surface area contributed by atoms with Crippen molar-refractivity contribution in [2.24, 2.45) is 0 Å². The second-order valence-corrected chi connectivity index (χ2v) is 5.45.